The Morgan fingerprint density at radius 3 is 2.68 bits per heavy atom. The van der Waals surface area contributed by atoms with Crippen LogP contribution in [0.1, 0.15) is 61.4 Å². The van der Waals surface area contributed by atoms with Crippen molar-refractivity contribution in [3.8, 4) is 0 Å². The van der Waals surface area contributed by atoms with Crippen LogP contribution in [0.2, 0.25) is 0 Å². The van der Waals surface area contributed by atoms with Gasteiger partial charge in [-0.2, -0.15) is 0 Å². The van der Waals surface area contributed by atoms with Crippen molar-refractivity contribution < 1.29 is 9.59 Å². The Bertz CT molecular complexity index is 813. The molecule has 0 radical (unpaired) electrons. The molecule has 0 saturated heterocycles. The fraction of sp³-hybridized carbons (Fsp3) is 0.524. The zero-order valence-electron chi connectivity index (χ0n) is 16.7. The Hall–Kier alpha value is -2.70. The number of carbonyl (C=O) groups is 2. The SMILES string of the molecule is CC(=O)NC(CC(=O)NCCc1nnc2n1CCCCC2)c1ccc(C)cc1. The molecule has 1 aromatic carbocycles. The van der Waals surface area contributed by atoms with E-state index in [-0.39, 0.29) is 24.3 Å². The largest absolute Gasteiger partial charge is 0.356 e. The fourth-order valence-electron chi connectivity index (χ4n) is 3.60. The van der Waals surface area contributed by atoms with Crippen molar-refractivity contribution >= 4 is 11.8 Å². The summed E-state index contributed by atoms with van der Waals surface area (Å²) >= 11 is 0. The summed E-state index contributed by atoms with van der Waals surface area (Å²) < 4.78 is 2.20. The maximum atomic E-state index is 12.4. The van der Waals surface area contributed by atoms with Crippen LogP contribution in [0.4, 0.5) is 0 Å². The van der Waals surface area contributed by atoms with Gasteiger partial charge in [0.05, 0.1) is 12.5 Å². The molecular weight excluding hydrogens is 354 g/mol. The minimum Gasteiger partial charge on any atom is -0.356 e. The second kappa shape index (κ2) is 9.48. The third kappa shape index (κ3) is 5.41. The van der Waals surface area contributed by atoms with E-state index in [1.165, 1.54) is 19.8 Å². The summed E-state index contributed by atoms with van der Waals surface area (Å²) in [6.07, 6.45) is 5.39. The Kier molecular flexibility index (Phi) is 6.79. The van der Waals surface area contributed by atoms with Gasteiger partial charge in [0.1, 0.15) is 11.6 Å². The van der Waals surface area contributed by atoms with Crippen LogP contribution in [0, 0.1) is 6.92 Å². The molecule has 1 aliphatic rings. The molecule has 2 amide bonds. The number of hydrogen-bond acceptors (Lipinski definition) is 4. The average molecular weight is 383 g/mol. The quantitative estimate of drug-likeness (QED) is 0.767. The van der Waals surface area contributed by atoms with Crippen LogP contribution in [0.15, 0.2) is 24.3 Å². The monoisotopic (exact) mass is 383 g/mol. The summed E-state index contributed by atoms with van der Waals surface area (Å²) in [5.41, 5.74) is 2.07. The van der Waals surface area contributed by atoms with Crippen LogP contribution < -0.4 is 10.6 Å². The van der Waals surface area contributed by atoms with Crippen molar-refractivity contribution in [3.05, 3.63) is 47.0 Å². The highest BCUT2D eigenvalue weighted by Crippen LogP contribution is 2.18. The van der Waals surface area contributed by atoms with Crippen molar-refractivity contribution in [1.29, 1.82) is 0 Å². The molecular formula is C21H29N5O2. The van der Waals surface area contributed by atoms with E-state index in [4.69, 9.17) is 0 Å². The molecule has 2 N–H and O–H groups in total. The zero-order chi connectivity index (χ0) is 19.9. The highest BCUT2D eigenvalue weighted by molar-refractivity contribution is 5.79. The average Bonchev–Trinajstić information content (AvgIpc) is 2.88. The lowest BCUT2D eigenvalue weighted by Gasteiger charge is -2.18. The summed E-state index contributed by atoms with van der Waals surface area (Å²) in [6.45, 7) is 4.95. The standard InChI is InChI=1S/C21H29N5O2/c1-15-7-9-17(10-8-15)18(23-16(2)27)14-21(28)22-12-11-20-25-24-19-6-4-3-5-13-26(19)20/h7-10,18H,3-6,11-14H2,1-2H3,(H,22,28)(H,23,27). The lowest BCUT2D eigenvalue weighted by atomic mass is 10.0. The van der Waals surface area contributed by atoms with Gasteiger partial charge in [-0.25, -0.2) is 0 Å². The van der Waals surface area contributed by atoms with Gasteiger partial charge >= 0.3 is 0 Å². The van der Waals surface area contributed by atoms with E-state index >= 15 is 0 Å². The predicted molar refractivity (Wildman–Crippen MR) is 107 cm³/mol. The number of fused-ring (bicyclic) bond motifs is 1. The second-order valence-electron chi connectivity index (χ2n) is 7.46. The van der Waals surface area contributed by atoms with E-state index in [0.717, 1.165) is 42.2 Å². The number of hydrogen-bond donors (Lipinski definition) is 2. The van der Waals surface area contributed by atoms with Crippen LogP contribution in [-0.4, -0.2) is 33.1 Å². The number of benzene rings is 1. The predicted octanol–water partition coefficient (Wildman–Crippen LogP) is 2.24. The molecule has 1 atom stereocenters. The first-order valence-electron chi connectivity index (χ1n) is 10.0. The van der Waals surface area contributed by atoms with Gasteiger partial charge in [-0.3, -0.25) is 9.59 Å². The minimum absolute atomic E-state index is 0.0880. The molecule has 0 fully saturated rings. The van der Waals surface area contributed by atoms with Crippen LogP contribution in [0.5, 0.6) is 0 Å². The van der Waals surface area contributed by atoms with Crippen LogP contribution in [-0.2, 0) is 29.0 Å². The Morgan fingerprint density at radius 1 is 1.14 bits per heavy atom. The highest BCUT2D eigenvalue weighted by Gasteiger charge is 2.18. The summed E-state index contributed by atoms with van der Waals surface area (Å²) in [6, 6.07) is 7.55. The van der Waals surface area contributed by atoms with Crippen molar-refractivity contribution in [3.63, 3.8) is 0 Å². The summed E-state index contributed by atoms with van der Waals surface area (Å²) in [4.78, 5) is 24.0. The van der Waals surface area contributed by atoms with E-state index in [1.54, 1.807) is 0 Å². The normalized spacial score (nSPS) is 14.6. The molecule has 1 unspecified atom stereocenters. The van der Waals surface area contributed by atoms with Gasteiger partial charge in [-0.1, -0.05) is 36.2 Å². The Morgan fingerprint density at radius 2 is 1.93 bits per heavy atom. The van der Waals surface area contributed by atoms with Crippen LogP contribution in [0.25, 0.3) is 0 Å². The summed E-state index contributed by atoms with van der Waals surface area (Å²) in [5.74, 6) is 1.76. The molecule has 1 aliphatic heterocycles. The number of rotatable bonds is 7. The molecule has 7 nitrogen and oxygen atoms in total. The van der Waals surface area contributed by atoms with E-state index < -0.39 is 0 Å². The molecule has 1 aromatic heterocycles. The van der Waals surface area contributed by atoms with Crippen molar-refractivity contribution in [2.75, 3.05) is 6.54 Å². The molecule has 0 spiro atoms. The topological polar surface area (TPSA) is 88.9 Å². The molecule has 0 aliphatic carbocycles. The lowest BCUT2D eigenvalue weighted by Crippen LogP contribution is -2.33. The van der Waals surface area contributed by atoms with Crippen LogP contribution in [0.3, 0.4) is 0 Å². The van der Waals surface area contributed by atoms with E-state index in [0.29, 0.717) is 13.0 Å². The first kappa shape index (κ1) is 20.0. The smallest absolute Gasteiger partial charge is 0.222 e. The first-order chi connectivity index (χ1) is 13.5. The molecule has 7 heteroatoms. The Labute approximate surface area is 165 Å². The number of amides is 2. The fourth-order valence-corrected chi connectivity index (χ4v) is 3.60. The molecule has 3 rings (SSSR count). The Balaban J connectivity index is 1.54. The second-order valence-corrected chi connectivity index (χ2v) is 7.46. The lowest BCUT2D eigenvalue weighted by molar-refractivity contribution is -0.122. The third-order valence-electron chi connectivity index (χ3n) is 5.10. The van der Waals surface area contributed by atoms with Crippen molar-refractivity contribution in [2.45, 2.75) is 65.0 Å². The van der Waals surface area contributed by atoms with Gasteiger partial charge in [0.25, 0.3) is 0 Å². The van der Waals surface area contributed by atoms with Crippen LogP contribution >= 0.6 is 0 Å². The number of aryl methyl sites for hydroxylation is 2. The summed E-state index contributed by atoms with van der Waals surface area (Å²) in [7, 11) is 0. The minimum atomic E-state index is -0.331. The van der Waals surface area contributed by atoms with Gasteiger partial charge in [0, 0.05) is 32.9 Å². The number of nitrogens with zero attached hydrogens (tertiary/aromatic N) is 3. The van der Waals surface area contributed by atoms with E-state index in [9.17, 15) is 9.59 Å². The summed E-state index contributed by atoms with van der Waals surface area (Å²) in [5, 5.41) is 14.4. The third-order valence-corrected chi connectivity index (χ3v) is 5.10. The van der Waals surface area contributed by atoms with Crippen molar-refractivity contribution in [1.82, 2.24) is 25.4 Å². The molecule has 150 valence electrons. The molecule has 0 bridgehead atoms. The van der Waals surface area contributed by atoms with Gasteiger partial charge < -0.3 is 15.2 Å². The maximum absolute atomic E-state index is 12.4. The number of aromatic nitrogens is 3. The highest BCUT2D eigenvalue weighted by atomic mass is 16.2. The van der Waals surface area contributed by atoms with Gasteiger partial charge in [0.15, 0.2) is 0 Å². The molecule has 0 saturated carbocycles. The van der Waals surface area contributed by atoms with Gasteiger partial charge in [-0.05, 0) is 25.3 Å². The number of carbonyl (C=O) groups excluding carboxylic acids is 2. The van der Waals surface area contributed by atoms with E-state index in [1.807, 2.05) is 31.2 Å². The number of nitrogens with one attached hydrogen (secondary N) is 2. The zero-order valence-corrected chi connectivity index (χ0v) is 16.7. The van der Waals surface area contributed by atoms with E-state index in [2.05, 4.69) is 25.4 Å². The van der Waals surface area contributed by atoms with Gasteiger partial charge in [-0.15, -0.1) is 10.2 Å². The van der Waals surface area contributed by atoms with Crippen molar-refractivity contribution in [2.24, 2.45) is 0 Å². The maximum Gasteiger partial charge on any atom is 0.222 e. The first-order valence-corrected chi connectivity index (χ1v) is 10.0. The molecule has 2 aromatic rings. The molecule has 28 heavy (non-hydrogen) atoms. The molecule has 2 heterocycles. The van der Waals surface area contributed by atoms with Gasteiger partial charge in [0.2, 0.25) is 11.8 Å².